The molecular weight excluding hydrogens is 262 g/mol. The molecule has 0 aliphatic heterocycles. The highest BCUT2D eigenvalue weighted by molar-refractivity contribution is 5.54. The molecule has 4 heteroatoms. The summed E-state index contributed by atoms with van der Waals surface area (Å²) in [4.78, 5) is 4.40. The minimum Gasteiger partial charge on any atom is -0.380 e. The molecular formula is C17H17N3O. The van der Waals surface area contributed by atoms with Gasteiger partial charge in [-0.1, -0.05) is 61.5 Å². The monoisotopic (exact) mass is 279 g/mol. The molecule has 0 aliphatic rings. The minimum atomic E-state index is -0.790. The van der Waals surface area contributed by atoms with E-state index in [1.54, 1.807) is 0 Å². The number of benzene rings is 2. The molecule has 0 saturated heterocycles. The summed E-state index contributed by atoms with van der Waals surface area (Å²) < 4.78 is 0. The topological polar surface area (TPSA) is 61.8 Å². The summed E-state index contributed by atoms with van der Waals surface area (Å²) in [6, 6.07) is 17.6. The molecule has 0 saturated carbocycles. The molecule has 0 aliphatic carbocycles. The molecule has 4 nitrogen and oxygen atoms in total. The molecule has 1 heterocycles. The maximum Gasteiger partial charge on any atom is 0.181 e. The molecule has 1 atom stereocenters. The first kappa shape index (κ1) is 13.5. The van der Waals surface area contributed by atoms with E-state index in [1.165, 1.54) is 5.56 Å². The number of hydrogen-bond acceptors (Lipinski definition) is 3. The van der Waals surface area contributed by atoms with Gasteiger partial charge >= 0.3 is 0 Å². The van der Waals surface area contributed by atoms with Crippen LogP contribution in [0.3, 0.4) is 0 Å². The van der Waals surface area contributed by atoms with Crippen molar-refractivity contribution < 1.29 is 5.11 Å². The smallest absolute Gasteiger partial charge is 0.181 e. The fourth-order valence-corrected chi connectivity index (χ4v) is 2.25. The van der Waals surface area contributed by atoms with Crippen LogP contribution in [0.15, 0.2) is 54.6 Å². The van der Waals surface area contributed by atoms with Crippen LogP contribution >= 0.6 is 0 Å². The number of aromatic amines is 1. The van der Waals surface area contributed by atoms with Gasteiger partial charge in [0.1, 0.15) is 6.10 Å². The lowest BCUT2D eigenvalue weighted by atomic mass is 10.0. The molecule has 0 bridgehead atoms. The number of aliphatic hydroxyl groups excluding tert-OH is 1. The number of aryl methyl sites for hydroxylation is 1. The Morgan fingerprint density at radius 1 is 1.10 bits per heavy atom. The fourth-order valence-electron chi connectivity index (χ4n) is 2.25. The number of nitrogens with one attached hydrogen (secondary N) is 1. The average molecular weight is 279 g/mol. The van der Waals surface area contributed by atoms with Crippen LogP contribution in [0.4, 0.5) is 0 Å². The molecule has 1 unspecified atom stereocenters. The van der Waals surface area contributed by atoms with E-state index in [9.17, 15) is 5.11 Å². The molecule has 1 aromatic heterocycles. The largest absolute Gasteiger partial charge is 0.380 e. The Morgan fingerprint density at radius 2 is 1.90 bits per heavy atom. The average Bonchev–Trinajstić information content (AvgIpc) is 3.05. The Bertz CT molecular complexity index is 722. The highest BCUT2D eigenvalue weighted by Gasteiger charge is 2.16. The molecule has 0 amide bonds. The van der Waals surface area contributed by atoms with E-state index in [0.717, 1.165) is 17.5 Å². The molecule has 0 spiro atoms. The normalized spacial score (nSPS) is 12.3. The molecule has 106 valence electrons. The van der Waals surface area contributed by atoms with Crippen LogP contribution in [0.2, 0.25) is 0 Å². The zero-order chi connectivity index (χ0) is 14.7. The molecule has 2 aromatic carbocycles. The lowest BCUT2D eigenvalue weighted by Crippen LogP contribution is -2.02. The van der Waals surface area contributed by atoms with Crippen molar-refractivity contribution in [1.82, 2.24) is 15.2 Å². The van der Waals surface area contributed by atoms with Gasteiger partial charge in [-0.2, -0.15) is 5.10 Å². The lowest BCUT2D eigenvalue weighted by molar-refractivity contribution is 0.210. The highest BCUT2D eigenvalue weighted by atomic mass is 16.3. The van der Waals surface area contributed by atoms with Gasteiger partial charge in [0.25, 0.3) is 0 Å². The van der Waals surface area contributed by atoms with Crippen molar-refractivity contribution in [2.45, 2.75) is 19.4 Å². The maximum atomic E-state index is 10.4. The van der Waals surface area contributed by atoms with Gasteiger partial charge in [0.15, 0.2) is 11.6 Å². The van der Waals surface area contributed by atoms with Crippen LogP contribution in [-0.2, 0) is 6.42 Å². The van der Waals surface area contributed by atoms with Crippen LogP contribution < -0.4 is 0 Å². The first-order valence-corrected chi connectivity index (χ1v) is 7.02. The van der Waals surface area contributed by atoms with Gasteiger partial charge in [-0.25, -0.2) is 4.98 Å². The number of aromatic nitrogens is 3. The summed E-state index contributed by atoms with van der Waals surface area (Å²) in [5.74, 6) is 1.05. The van der Waals surface area contributed by atoms with Crippen molar-refractivity contribution in [1.29, 1.82) is 0 Å². The Hall–Kier alpha value is -2.46. The second-order valence-corrected chi connectivity index (χ2v) is 4.91. The van der Waals surface area contributed by atoms with Crippen molar-refractivity contribution in [3.63, 3.8) is 0 Å². The Morgan fingerprint density at radius 3 is 2.67 bits per heavy atom. The van der Waals surface area contributed by atoms with Gasteiger partial charge in [0.2, 0.25) is 0 Å². The third-order valence-electron chi connectivity index (χ3n) is 3.47. The second-order valence-electron chi connectivity index (χ2n) is 4.91. The van der Waals surface area contributed by atoms with Gasteiger partial charge in [0.05, 0.1) is 0 Å². The molecule has 21 heavy (non-hydrogen) atoms. The molecule has 3 rings (SSSR count). The van der Waals surface area contributed by atoms with E-state index in [1.807, 2.05) is 54.6 Å². The lowest BCUT2D eigenvalue weighted by Gasteiger charge is -2.08. The van der Waals surface area contributed by atoms with E-state index in [4.69, 9.17) is 0 Å². The van der Waals surface area contributed by atoms with Gasteiger partial charge in [0, 0.05) is 5.56 Å². The van der Waals surface area contributed by atoms with E-state index in [0.29, 0.717) is 11.6 Å². The van der Waals surface area contributed by atoms with Crippen LogP contribution in [0.5, 0.6) is 0 Å². The summed E-state index contributed by atoms with van der Waals surface area (Å²) >= 11 is 0. The first-order chi connectivity index (χ1) is 10.3. The standard InChI is InChI=1S/C17H17N3O/c1-2-12-7-6-10-14(11-12)15(21)17-18-16(19-20-17)13-8-4-3-5-9-13/h3-11,15,21H,2H2,1H3,(H,18,19,20). The summed E-state index contributed by atoms with van der Waals surface area (Å²) in [5.41, 5.74) is 2.94. The van der Waals surface area contributed by atoms with Crippen LogP contribution in [0, 0.1) is 0 Å². The molecule has 0 fully saturated rings. The summed E-state index contributed by atoms with van der Waals surface area (Å²) in [6.45, 7) is 2.09. The first-order valence-electron chi connectivity index (χ1n) is 7.02. The minimum absolute atomic E-state index is 0.460. The fraction of sp³-hybridized carbons (Fsp3) is 0.176. The quantitative estimate of drug-likeness (QED) is 0.771. The third-order valence-corrected chi connectivity index (χ3v) is 3.47. The van der Waals surface area contributed by atoms with E-state index >= 15 is 0 Å². The highest BCUT2D eigenvalue weighted by Crippen LogP contribution is 2.22. The number of nitrogens with zero attached hydrogens (tertiary/aromatic N) is 2. The van der Waals surface area contributed by atoms with Crippen LogP contribution in [-0.4, -0.2) is 20.3 Å². The van der Waals surface area contributed by atoms with Gasteiger partial charge < -0.3 is 5.11 Å². The zero-order valence-electron chi connectivity index (χ0n) is 11.8. The van der Waals surface area contributed by atoms with E-state index < -0.39 is 6.10 Å². The number of H-pyrrole nitrogens is 1. The van der Waals surface area contributed by atoms with Crippen molar-refractivity contribution >= 4 is 0 Å². The van der Waals surface area contributed by atoms with Gasteiger partial charge in [-0.15, -0.1) is 0 Å². The zero-order valence-corrected chi connectivity index (χ0v) is 11.8. The van der Waals surface area contributed by atoms with Crippen molar-refractivity contribution in [3.05, 3.63) is 71.5 Å². The predicted octanol–water partition coefficient (Wildman–Crippen LogP) is 3.12. The Kier molecular flexibility index (Phi) is 3.79. The molecule has 0 radical (unpaired) electrons. The summed E-state index contributed by atoms with van der Waals surface area (Å²) in [6.07, 6.45) is 0.146. The second kappa shape index (κ2) is 5.89. The molecule has 3 aromatic rings. The molecule has 2 N–H and O–H groups in total. The SMILES string of the molecule is CCc1cccc(C(O)c2nc(-c3ccccc3)n[nH]2)c1. The van der Waals surface area contributed by atoms with E-state index in [-0.39, 0.29) is 0 Å². The van der Waals surface area contributed by atoms with E-state index in [2.05, 4.69) is 22.1 Å². The summed E-state index contributed by atoms with van der Waals surface area (Å²) in [5, 5.41) is 17.4. The maximum absolute atomic E-state index is 10.4. The van der Waals surface area contributed by atoms with Crippen molar-refractivity contribution in [2.24, 2.45) is 0 Å². The van der Waals surface area contributed by atoms with Gasteiger partial charge in [-0.05, 0) is 17.5 Å². The van der Waals surface area contributed by atoms with Crippen molar-refractivity contribution in [3.8, 4) is 11.4 Å². The van der Waals surface area contributed by atoms with Crippen LogP contribution in [0.25, 0.3) is 11.4 Å². The van der Waals surface area contributed by atoms with Crippen LogP contribution in [0.1, 0.15) is 30.0 Å². The number of rotatable bonds is 4. The third kappa shape index (κ3) is 2.85. The Balaban J connectivity index is 1.88. The van der Waals surface area contributed by atoms with Gasteiger partial charge in [-0.3, -0.25) is 5.10 Å². The number of hydrogen-bond donors (Lipinski definition) is 2. The Labute approximate surface area is 123 Å². The van der Waals surface area contributed by atoms with Crippen molar-refractivity contribution in [2.75, 3.05) is 0 Å². The predicted molar refractivity (Wildman–Crippen MR) is 81.7 cm³/mol. The summed E-state index contributed by atoms with van der Waals surface area (Å²) in [7, 11) is 0. The number of aliphatic hydroxyl groups is 1.